The Morgan fingerprint density at radius 2 is 1.92 bits per heavy atom. The van der Waals surface area contributed by atoms with Crippen LogP contribution in [0, 0.1) is 0 Å². The van der Waals surface area contributed by atoms with Crippen LogP contribution < -0.4 is 5.32 Å². The lowest BCUT2D eigenvalue weighted by Gasteiger charge is -2.26. The zero-order chi connectivity index (χ0) is 9.56. The summed E-state index contributed by atoms with van der Waals surface area (Å²) in [7, 11) is 6.06. The molecule has 0 aliphatic carbocycles. The van der Waals surface area contributed by atoms with Crippen molar-refractivity contribution in [2.75, 3.05) is 40.8 Å². The van der Waals surface area contributed by atoms with Crippen LogP contribution in [0.4, 0.5) is 0 Å². The van der Waals surface area contributed by atoms with Gasteiger partial charge >= 0.3 is 0 Å². The maximum Gasteiger partial charge on any atom is 0.0936 e. The van der Waals surface area contributed by atoms with Crippen LogP contribution in [0.3, 0.4) is 0 Å². The molecule has 0 saturated carbocycles. The molecule has 0 bridgehead atoms. The lowest BCUT2D eigenvalue weighted by atomic mass is 10.4. The van der Waals surface area contributed by atoms with Gasteiger partial charge in [-0.25, -0.2) is 0 Å². The molecule has 0 aliphatic heterocycles. The fraction of sp³-hybridized carbons (Fsp3) is 0.778. The molecule has 0 aliphatic rings. The zero-order valence-electron chi connectivity index (χ0n) is 8.72. The van der Waals surface area contributed by atoms with Gasteiger partial charge in [-0.1, -0.05) is 6.58 Å². The summed E-state index contributed by atoms with van der Waals surface area (Å²) >= 11 is 0. The summed E-state index contributed by atoms with van der Waals surface area (Å²) < 4.78 is 0. The summed E-state index contributed by atoms with van der Waals surface area (Å²) in [5.41, 5.74) is 0. The van der Waals surface area contributed by atoms with Crippen molar-refractivity contribution < 1.29 is 0 Å². The molecular formula is C9H21N3. The molecule has 0 radical (unpaired) electrons. The van der Waals surface area contributed by atoms with Crippen LogP contribution in [0.25, 0.3) is 0 Å². The molecule has 0 rings (SSSR count). The Kier molecular flexibility index (Phi) is 5.54. The second-order valence-electron chi connectivity index (χ2n) is 3.08. The molecule has 12 heavy (non-hydrogen) atoms. The van der Waals surface area contributed by atoms with Crippen LogP contribution in [-0.2, 0) is 0 Å². The van der Waals surface area contributed by atoms with E-state index in [1.54, 1.807) is 0 Å². The highest BCUT2D eigenvalue weighted by Gasteiger charge is 2.02. The normalized spacial score (nSPS) is 10.1. The monoisotopic (exact) mass is 171 g/mol. The van der Waals surface area contributed by atoms with Gasteiger partial charge in [0, 0.05) is 26.7 Å². The predicted octanol–water partition coefficient (Wildman–Crippen LogP) is 0.561. The lowest BCUT2D eigenvalue weighted by molar-refractivity contribution is 0.289. The van der Waals surface area contributed by atoms with E-state index in [9.17, 15) is 0 Å². The topological polar surface area (TPSA) is 18.5 Å². The Morgan fingerprint density at radius 3 is 2.25 bits per heavy atom. The summed E-state index contributed by atoms with van der Waals surface area (Å²) in [6.45, 7) is 9.16. The van der Waals surface area contributed by atoms with Crippen molar-refractivity contribution in [3.05, 3.63) is 12.4 Å². The van der Waals surface area contributed by atoms with Crippen molar-refractivity contribution in [3.63, 3.8) is 0 Å². The molecule has 0 fully saturated rings. The van der Waals surface area contributed by atoms with Gasteiger partial charge in [0.15, 0.2) is 0 Å². The minimum Gasteiger partial charge on any atom is -0.375 e. The highest BCUT2D eigenvalue weighted by Crippen LogP contribution is 1.95. The van der Waals surface area contributed by atoms with E-state index in [0.29, 0.717) is 0 Å². The van der Waals surface area contributed by atoms with Gasteiger partial charge in [-0.3, -0.25) is 0 Å². The summed E-state index contributed by atoms with van der Waals surface area (Å²) in [4.78, 5) is 4.39. The Morgan fingerprint density at radius 1 is 1.33 bits per heavy atom. The molecule has 3 nitrogen and oxygen atoms in total. The first-order valence-corrected chi connectivity index (χ1v) is 4.38. The molecule has 0 spiro atoms. The molecule has 0 unspecified atom stereocenters. The SMILES string of the molecule is C=C(NC)N(CC)CCN(C)C. The van der Waals surface area contributed by atoms with Crippen molar-refractivity contribution in [1.82, 2.24) is 15.1 Å². The number of nitrogens with one attached hydrogen (secondary N) is 1. The molecule has 0 aromatic rings. The fourth-order valence-corrected chi connectivity index (χ4v) is 0.963. The summed E-state index contributed by atoms with van der Waals surface area (Å²) in [5, 5.41) is 3.05. The molecule has 0 aromatic heterocycles. The Labute approximate surface area is 76.0 Å². The molecule has 72 valence electrons. The largest absolute Gasteiger partial charge is 0.375 e. The van der Waals surface area contributed by atoms with E-state index >= 15 is 0 Å². The first kappa shape index (κ1) is 11.3. The quantitative estimate of drug-likeness (QED) is 0.630. The van der Waals surface area contributed by atoms with Crippen molar-refractivity contribution in [2.24, 2.45) is 0 Å². The number of hydrogen-bond acceptors (Lipinski definition) is 3. The third kappa shape index (κ3) is 4.23. The molecule has 0 amide bonds. The van der Waals surface area contributed by atoms with E-state index in [-0.39, 0.29) is 0 Å². The highest BCUT2D eigenvalue weighted by molar-refractivity contribution is 4.89. The number of nitrogens with zero attached hydrogens (tertiary/aromatic N) is 2. The first-order chi connectivity index (χ1) is 5.61. The van der Waals surface area contributed by atoms with Gasteiger partial charge in [0.05, 0.1) is 5.82 Å². The number of hydrogen-bond donors (Lipinski definition) is 1. The minimum absolute atomic E-state index is 0.999. The van der Waals surface area contributed by atoms with Crippen molar-refractivity contribution in [3.8, 4) is 0 Å². The Bertz CT molecular complexity index is 132. The maximum atomic E-state index is 3.92. The fourth-order valence-electron chi connectivity index (χ4n) is 0.963. The minimum atomic E-state index is 0.999. The Hall–Kier alpha value is -0.700. The molecule has 3 heteroatoms. The van der Waals surface area contributed by atoms with Crippen LogP contribution in [0.5, 0.6) is 0 Å². The van der Waals surface area contributed by atoms with E-state index in [0.717, 1.165) is 25.5 Å². The zero-order valence-corrected chi connectivity index (χ0v) is 8.72. The average molecular weight is 171 g/mol. The van der Waals surface area contributed by atoms with Crippen molar-refractivity contribution in [1.29, 1.82) is 0 Å². The van der Waals surface area contributed by atoms with Crippen LogP contribution in [0.15, 0.2) is 12.4 Å². The lowest BCUT2D eigenvalue weighted by Crippen LogP contribution is -2.34. The number of rotatable bonds is 6. The van der Waals surface area contributed by atoms with Gasteiger partial charge in [-0.05, 0) is 21.0 Å². The van der Waals surface area contributed by atoms with Gasteiger partial charge in [0.2, 0.25) is 0 Å². The number of likely N-dealkylation sites (N-methyl/N-ethyl adjacent to an activating group) is 2. The molecule has 0 aromatic carbocycles. The standard InChI is InChI=1S/C9H21N3/c1-6-12(9(2)10-3)8-7-11(4)5/h10H,2,6-8H2,1,3-5H3. The third-order valence-electron chi connectivity index (χ3n) is 1.87. The smallest absolute Gasteiger partial charge is 0.0936 e. The summed E-state index contributed by atoms with van der Waals surface area (Å²) in [6.07, 6.45) is 0. The second kappa shape index (κ2) is 5.89. The highest BCUT2D eigenvalue weighted by atomic mass is 15.2. The summed E-state index contributed by atoms with van der Waals surface area (Å²) in [5.74, 6) is 0.999. The van der Waals surface area contributed by atoms with Crippen LogP contribution in [0.1, 0.15) is 6.92 Å². The van der Waals surface area contributed by atoms with Gasteiger partial charge in [-0.2, -0.15) is 0 Å². The summed E-state index contributed by atoms with van der Waals surface area (Å²) in [6, 6.07) is 0. The van der Waals surface area contributed by atoms with Gasteiger partial charge in [-0.15, -0.1) is 0 Å². The maximum absolute atomic E-state index is 3.92. The van der Waals surface area contributed by atoms with Gasteiger partial charge < -0.3 is 15.1 Å². The third-order valence-corrected chi connectivity index (χ3v) is 1.87. The molecular weight excluding hydrogens is 150 g/mol. The Balaban J connectivity index is 3.75. The molecule has 0 saturated heterocycles. The van der Waals surface area contributed by atoms with E-state index in [1.165, 1.54) is 0 Å². The van der Waals surface area contributed by atoms with Crippen molar-refractivity contribution in [2.45, 2.75) is 6.92 Å². The van der Waals surface area contributed by atoms with Gasteiger partial charge in [0.25, 0.3) is 0 Å². The van der Waals surface area contributed by atoms with Gasteiger partial charge in [0.1, 0.15) is 0 Å². The second-order valence-corrected chi connectivity index (χ2v) is 3.08. The van der Waals surface area contributed by atoms with Crippen LogP contribution >= 0.6 is 0 Å². The average Bonchev–Trinajstić information content (AvgIpc) is 2.04. The molecule has 0 heterocycles. The first-order valence-electron chi connectivity index (χ1n) is 4.38. The van der Waals surface area contributed by atoms with Crippen molar-refractivity contribution >= 4 is 0 Å². The predicted molar refractivity (Wildman–Crippen MR) is 54.0 cm³/mol. The van der Waals surface area contributed by atoms with E-state index in [2.05, 4.69) is 42.7 Å². The molecule has 0 atom stereocenters. The van der Waals surface area contributed by atoms with Crippen LogP contribution in [0.2, 0.25) is 0 Å². The van der Waals surface area contributed by atoms with E-state index < -0.39 is 0 Å². The van der Waals surface area contributed by atoms with E-state index in [1.807, 2.05) is 7.05 Å². The molecule has 1 N–H and O–H groups in total. The van der Waals surface area contributed by atoms with Crippen LogP contribution in [-0.4, -0.2) is 50.6 Å². The van der Waals surface area contributed by atoms with E-state index in [4.69, 9.17) is 0 Å².